The molecule has 0 aromatic heterocycles. The molecule has 6 heteroatoms. The molecule has 1 heterocycles. The Morgan fingerprint density at radius 1 is 1.29 bits per heavy atom. The van der Waals surface area contributed by atoms with Crippen LogP contribution in [0, 0.1) is 11.6 Å². The van der Waals surface area contributed by atoms with E-state index in [0.717, 1.165) is 25.2 Å². The lowest BCUT2D eigenvalue weighted by Gasteiger charge is -2.23. The molecule has 1 unspecified atom stereocenters. The maximum absolute atomic E-state index is 13.6. The molecular formula is C15H21F2N3O. The van der Waals surface area contributed by atoms with Gasteiger partial charge in [0.15, 0.2) is 0 Å². The smallest absolute Gasteiger partial charge is 0.251 e. The first-order valence-electron chi connectivity index (χ1n) is 7.22. The number of carbonyl (C=O) groups is 1. The summed E-state index contributed by atoms with van der Waals surface area (Å²) in [4.78, 5) is 14.3. The first-order chi connectivity index (χ1) is 10.0. The molecule has 0 bridgehead atoms. The molecule has 0 aliphatic carbocycles. The topological polar surface area (TPSA) is 44.4 Å². The van der Waals surface area contributed by atoms with Gasteiger partial charge >= 0.3 is 0 Å². The van der Waals surface area contributed by atoms with Crippen LogP contribution in [0.15, 0.2) is 12.1 Å². The van der Waals surface area contributed by atoms with Gasteiger partial charge in [-0.15, -0.1) is 0 Å². The largest absolute Gasteiger partial charge is 0.383 e. The number of amides is 1. The van der Waals surface area contributed by atoms with Crippen LogP contribution in [-0.2, 0) is 0 Å². The van der Waals surface area contributed by atoms with Gasteiger partial charge in [-0.3, -0.25) is 9.69 Å². The van der Waals surface area contributed by atoms with E-state index >= 15 is 0 Å². The van der Waals surface area contributed by atoms with Gasteiger partial charge in [0, 0.05) is 25.2 Å². The minimum atomic E-state index is -0.768. The number of carbonyl (C=O) groups excluding carboxylic acids is 1. The normalized spacial score (nSPS) is 16.8. The van der Waals surface area contributed by atoms with Gasteiger partial charge < -0.3 is 10.6 Å². The molecule has 21 heavy (non-hydrogen) atoms. The summed E-state index contributed by atoms with van der Waals surface area (Å²) in [7, 11) is 1.43. The number of likely N-dealkylation sites (tertiary alicyclic amines) is 1. The predicted octanol–water partition coefficient (Wildman–Crippen LogP) is 2.22. The zero-order chi connectivity index (χ0) is 15.4. The molecule has 2 N–H and O–H groups in total. The van der Waals surface area contributed by atoms with E-state index in [1.54, 1.807) is 0 Å². The van der Waals surface area contributed by atoms with Gasteiger partial charge in [0.05, 0.1) is 0 Å². The number of rotatable bonds is 5. The molecule has 1 aromatic carbocycles. The van der Waals surface area contributed by atoms with Crippen LogP contribution in [0.1, 0.15) is 30.1 Å². The van der Waals surface area contributed by atoms with Gasteiger partial charge in [-0.2, -0.15) is 0 Å². The van der Waals surface area contributed by atoms with Crippen molar-refractivity contribution in [1.82, 2.24) is 10.2 Å². The fourth-order valence-electron chi connectivity index (χ4n) is 2.60. The van der Waals surface area contributed by atoms with Crippen LogP contribution >= 0.6 is 0 Å². The molecule has 1 aliphatic heterocycles. The van der Waals surface area contributed by atoms with Crippen molar-refractivity contribution in [2.45, 2.75) is 25.8 Å². The van der Waals surface area contributed by atoms with Crippen molar-refractivity contribution < 1.29 is 13.6 Å². The monoisotopic (exact) mass is 297 g/mol. The fraction of sp³-hybridized carbons (Fsp3) is 0.533. The second-order valence-electron chi connectivity index (χ2n) is 5.37. The highest BCUT2D eigenvalue weighted by atomic mass is 19.1. The van der Waals surface area contributed by atoms with Crippen molar-refractivity contribution in [2.75, 3.05) is 32.0 Å². The van der Waals surface area contributed by atoms with E-state index in [4.69, 9.17) is 0 Å². The summed E-state index contributed by atoms with van der Waals surface area (Å²) in [5.74, 6) is -1.99. The van der Waals surface area contributed by atoms with E-state index in [9.17, 15) is 13.6 Å². The second kappa shape index (κ2) is 6.85. The summed E-state index contributed by atoms with van der Waals surface area (Å²) < 4.78 is 27.3. The molecule has 0 spiro atoms. The molecule has 116 valence electrons. The van der Waals surface area contributed by atoms with Crippen LogP contribution in [0.3, 0.4) is 0 Å². The van der Waals surface area contributed by atoms with E-state index < -0.39 is 17.5 Å². The van der Waals surface area contributed by atoms with Crippen molar-refractivity contribution in [1.29, 1.82) is 0 Å². The standard InChI is InChI=1S/C15H21F2N3O/c1-10(20-5-3-4-6-20)9-19-15(21)11-7-12(16)14(18-2)13(17)8-11/h7-8,10,18H,3-6,9H2,1-2H3,(H,19,21). The van der Waals surface area contributed by atoms with E-state index in [1.807, 2.05) is 6.92 Å². The quantitative estimate of drug-likeness (QED) is 0.876. The molecule has 1 amide bonds. The van der Waals surface area contributed by atoms with Crippen LogP contribution in [0.2, 0.25) is 0 Å². The summed E-state index contributed by atoms with van der Waals surface area (Å²) >= 11 is 0. The minimum absolute atomic E-state index is 0.00220. The number of hydrogen-bond acceptors (Lipinski definition) is 3. The summed E-state index contributed by atoms with van der Waals surface area (Å²) in [6.45, 7) is 4.58. The number of hydrogen-bond donors (Lipinski definition) is 2. The molecule has 1 aromatic rings. The van der Waals surface area contributed by atoms with Crippen LogP contribution < -0.4 is 10.6 Å². The van der Waals surface area contributed by atoms with Gasteiger partial charge in [-0.05, 0) is 45.0 Å². The Hall–Kier alpha value is -1.69. The van der Waals surface area contributed by atoms with Crippen molar-refractivity contribution in [3.8, 4) is 0 Å². The number of nitrogens with zero attached hydrogens (tertiary/aromatic N) is 1. The van der Waals surface area contributed by atoms with Gasteiger partial charge in [0.25, 0.3) is 5.91 Å². The maximum Gasteiger partial charge on any atom is 0.251 e. The van der Waals surface area contributed by atoms with Crippen LogP contribution in [-0.4, -0.2) is 43.5 Å². The van der Waals surface area contributed by atoms with E-state index in [1.165, 1.54) is 19.9 Å². The lowest BCUT2D eigenvalue weighted by Crippen LogP contribution is -2.40. The second-order valence-corrected chi connectivity index (χ2v) is 5.37. The van der Waals surface area contributed by atoms with Crippen LogP contribution in [0.4, 0.5) is 14.5 Å². The van der Waals surface area contributed by atoms with Crippen LogP contribution in [0.25, 0.3) is 0 Å². The third-order valence-electron chi connectivity index (χ3n) is 3.88. The highest BCUT2D eigenvalue weighted by Crippen LogP contribution is 2.20. The van der Waals surface area contributed by atoms with Gasteiger partial charge in [0.1, 0.15) is 17.3 Å². The number of halogens is 2. The minimum Gasteiger partial charge on any atom is -0.383 e. The lowest BCUT2D eigenvalue weighted by atomic mass is 10.1. The molecule has 0 radical (unpaired) electrons. The zero-order valence-corrected chi connectivity index (χ0v) is 12.4. The van der Waals surface area contributed by atoms with E-state index in [2.05, 4.69) is 15.5 Å². The maximum atomic E-state index is 13.6. The molecule has 1 aliphatic rings. The summed E-state index contributed by atoms with van der Waals surface area (Å²) in [6, 6.07) is 2.32. The SMILES string of the molecule is CNc1c(F)cc(C(=O)NCC(C)N2CCCC2)cc1F. The van der Waals surface area contributed by atoms with Crippen molar-refractivity contribution in [2.24, 2.45) is 0 Å². The molecule has 1 fully saturated rings. The Morgan fingerprint density at radius 2 is 1.86 bits per heavy atom. The first-order valence-corrected chi connectivity index (χ1v) is 7.22. The predicted molar refractivity (Wildman–Crippen MR) is 78.5 cm³/mol. The molecule has 1 atom stereocenters. The van der Waals surface area contributed by atoms with Gasteiger partial charge in [-0.25, -0.2) is 8.78 Å². The number of nitrogens with one attached hydrogen (secondary N) is 2. The van der Waals surface area contributed by atoms with Crippen LogP contribution in [0.5, 0.6) is 0 Å². The Balaban J connectivity index is 1.97. The third-order valence-corrected chi connectivity index (χ3v) is 3.88. The summed E-state index contributed by atoms with van der Waals surface area (Å²) in [6.07, 6.45) is 2.36. The molecule has 0 saturated carbocycles. The molecule has 4 nitrogen and oxygen atoms in total. The third kappa shape index (κ3) is 3.69. The average Bonchev–Trinajstić information content (AvgIpc) is 2.98. The average molecular weight is 297 g/mol. The Bertz CT molecular complexity index is 493. The zero-order valence-electron chi connectivity index (χ0n) is 12.4. The summed E-state index contributed by atoms with van der Waals surface area (Å²) in [5.41, 5.74) is -0.227. The Kier molecular flexibility index (Phi) is 5.12. The molecular weight excluding hydrogens is 276 g/mol. The highest BCUT2D eigenvalue weighted by Gasteiger charge is 2.19. The van der Waals surface area contributed by atoms with Crippen molar-refractivity contribution >= 4 is 11.6 Å². The lowest BCUT2D eigenvalue weighted by molar-refractivity contribution is 0.0939. The highest BCUT2D eigenvalue weighted by molar-refractivity contribution is 5.94. The Labute approximate surface area is 123 Å². The first kappa shape index (κ1) is 15.7. The van der Waals surface area contributed by atoms with Gasteiger partial charge in [0.2, 0.25) is 0 Å². The fourth-order valence-corrected chi connectivity index (χ4v) is 2.60. The number of anilines is 1. The Morgan fingerprint density at radius 3 is 2.38 bits per heavy atom. The van der Waals surface area contributed by atoms with Gasteiger partial charge in [-0.1, -0.05) is 0 Å². The van der Waals surface area contributed by atoms with E-state index in [-0.39, 0.29) is 17.3 Å². The molecule has 2 rings (SSSR count). The molecule has 1 saturated heterocycles. The van der Waals surface area contributed by atoms with Crippen molar-refractivity contribution in [3.05, 3.63) is 29.3 Å². The number of benzene rings is 1. The van der Waals surface area contributed by atoms with Crippen molar-refractivity contribution in [3.63, 3.8) is 0 Å². The van der Waals surface area contributed by atoms with E-state index in [0.29, 0.717) is 6.54 Å². The summed E-state index contributed by atoms with van der Waals surface area (Å²) in [5, 5.41) is 5.16.